The van der Waals surface area contributed by atoms with Crippen LogP contribution in [-0.4, -0.2) is 5.84 Å². The van der Waals surface area contributed by atoms with Crippen LogP contribution in [0.25, 0.3) is 0 Å². The lowest BCUT2D eigenvalue weighted by molar-refractivity contribution is -0.137. The first kappa shape index (κ1) is 12.5. The molecule has 0 amide bonds. The van der Waals surface area contributed by atoms with E-state index in [-0.39, 0.29) is 11.4 Å². The van der Waals surface area contributed by atoms with Crippen LogP contribution in [0.2, 0.25) is 0 Å². The van der Waals surface area contributed by atoms with Gasteiger partial charge >= 0.3 is 6.18 Å². The average molecular weight is 255 g/mol. The van der Waals surface area contributed by atoms with Gasteiger partial charge in [0.1, 0.15) is 5.82 Å². The summed E-state index contributed by atoms with van der Waals surface area (Å²) in [5, 5.41) is 0. The fourth-order valence-electron chi connectivity index (χ4n) is 1.70. The van der Waals surface area contributed by atoms with Crippen molar-refractivity contribution < 1.29 is 13.2 Å². The molecule has 1 heterocycles. The highest BCUT2D eigenvalue weighted by Crippen LogP contribution is 2.33. The number of amidine groups is 1. The topological polar surface area (TPSA) is 36.4 Å². The van der Waals surface area contributed by atoms with Gasteiger partial charge in [-0.2, -0.15) is 13.2 Å². The number of benzene rings is 1. The van der Waals surface area contributed by atoms with Gasteiger partial charge in [0.25, 0.3) is 0 Å². The molecule has 0 bridgehead atoms. The smallest absolute Gasteiger partial charge is 0.283 e. The van der Waals surface area contributed by atoms with Crippen LogP contribution in [-0.2, 0) is 12.6 Å². The Morgan fingerprint density at radius 2 is 2.00 bits per heavy atom. The average Bonchev–Trinajstić information content (AvgIpc) is 2.74. The molecular weight excluding hydrogens is 243 g/mol. The summed E-state index contributed by atoms with van der Waals surface area (Å²) in [5.41, 5.74) is 5.30. The fraction of sp³-hybridized carbons (Fsp3) is 0.250. The van der Waals surface area contributed by atoms with Gasteiger partial charge in [-0.25, -0.2) is 4.99 Å². The van der Waals surface area contributed by atoms with Crippen LogP contribution >= 0.6 is 0 Å². The molecule has 3 nitrogen and oxygen atoms in total. The molecule has 1 aromatic rings. The second-order valence-corrected chi connectivity index (χ2v) is 3.89. The van der Waals surface area contributed by atoms with E-state index in [2.05, 4.69) is 22.4 Å². The number of halogens is 3. The molecule has 1 aliphatic heterocycles. The predicted molar refractivity (Wildman–Crippen MR) is 62.8 cm³/mol. The third-order valence-corrected chi connectivity index (χ3v) is 2.62. The van der Waals surface area contributed by atoms with E-state index >= 15 is 0 Å². The van der Waals surface area contributed by atoms with Gasteiger partial charge < -0.3 is 0 Å². The highest BCUT2D eigenvalue weighted by atomic mass is 19.4. The fourth-order valence-corrected chi connectivity index (χ4v) is 1.70. The molecule has 0 spiro atoms. The van der Waals surface area contributed by atoms with Crippen LogP contribution in [0.5, 0.6) is 0 Å². The summed E-state index contributed by atoms with van der Waals surface area (Å²) >= 11 is 0. The Balaban J connectivity index is 2.55. The lowest BCUT2D eigenvalue weighted by Crippen LogP contribution is -2.31. The summed E-state index contributed by atoms with van der Waals surface area (Å²) in [6.45, 7) is 5.40. The quantitative estimate of drug-likeness (QED) is 0.852. The van der Waals surface area contributed by atoms with E-state index in [1.807, 2.05) is 6.92 Å². The van der Waals surface area contributed by atoms with E-state index in [0.717, 1.165) is 11.6 Å². The van der Waals surface area contributed by atoms with Gasteiger partial charge in [0.2, 0.25) is 0 Å². The third kappa shape index (κ3) is 2.32. The number of hydrogen-bond acceptors (Lipinski definition) is 3. The first-order chi connectivity index (χ1) is 8.41. The van der Waals surface area contributed by atoms with E-state index in [1.54, 1.807) is 0 Å². The number of hydrogen-bond donors (Lipinski definition) is 2. The van der Waals surface area contributed by atoms with Crippen LogP contribution < -0.4 is 10.9 Å². The monoisotopic (exact) mass is 255 g/mol. The van der Waals surface area contributed by atoms with Crippen molar-refractivity contribution in [2.24, 2.45) is 4.99 Å². The Morgan fingerprint density at radius 3 is 2.50 bits per heavy atom. The third-order valence-electron chi connectivity index (χ3n) is 2.62. The molecule has 0 unspecified atom stereocenters. The Hall–Kier alpha value is -1.98. The standard InChI is InChI=1S/C12H12F3N3/c1-3-8-4-5-10(12(13,14)15)9(6-8)11-16-7(2)17-18-11/h4-6,17H,2-3H2,1H3,(H,16,18). The minimum absolute atomic E-state index is 0.0352. The molecule has 1 aliphatic rings. The van der Waals surface area contributed by atoms with E-state index in [9.17, 15) is 13.2 Å². The van der Waals surface area contributed by atoms with Gasteiger partial charge in [0.15, 0.2) is 5.84 Å². The SMILES string of the molecule is C=C1N=C(c2cc(CC)ccc2C(F)(F)F)NN1. The molecule has 0 aromatic heterocycles. The second-order valence-electron chi connectivity index (χ2n) is 3.89. The van der Waals surface area contributed by atoms with Gasteiger partial charge in [-0.15, -0.1) is 0 Å². The molecule has 0 aliphatic carbocycles. The van der Waals surface area contributed by atoms with Crippen molar-refractivity contribution in [3.8, 4) is 0 Å². The maximum Gasteiger partial charge on any atom is 0.417 e. The van der Waals surface area contributed by atoms with Gasteiger partial charge in [0, 0.05) is 5.56 Å². The van der Waals surface area contributed by atoms with Crippen molar-refractivity contribution in [2.75, 3.05) is 0 Å². The lowest BCUT2D eigenvalue weighted by Gasteiger charge is -2.14. The van der Waals surface area contributed by atoms with E-state index < -0.39 is 11.7 Å². The Bertz CT molecular complexity index is 518. The number of nitrogens with one attached hydrogen (secondary N) is 2. The van der Waals surface area contributed by atoms with Crippen molar-refractivity contribution in [3.05, 3.63) is 47.3 Å². The summed E-state index contributed by atoms with van der Waals surface area (Å²) in [5.74, 6) is 0.433. The van der Waals surface area contributed by atoms with Crippen LogP contribution in [0.1, 0.15) is 23.6 Å². The van der Waals surface area contributed by atoms with E-state index in [0.29, 0.717) is 12.2 Å². The highest BCUT2D eigenvalue weighted by molar-refractivity contribution is 6.01. The molecule has 6 heteroatoms. The maximum absolute atomic E-state index is 12.9. The maximum atomic E-state index is 12.9. The highest BCUT2D eigenvalue weighted by Gasteiger charge is 2.35. The van der Waals surface area contributed by atoms with E-state index in [4.69, 9.17) is 0 Å². The summed E-state index contributed by atoms with van der Waals surface area (Å²) in [4.78, 5) is 3.91. The zero-order valence-corrected chi connectivity index (χ0v) is 9.73. The number of aliphatic imine (C=N–C) groups is 1. The molecule has 0 atom stereocenters. The zero-order chi connectivity index (χ0) is 13.3. The Morgan fingerprint density at radius 1 is 1.28 bits per heavy atom. The summed E-state index contributed by atoms with van der Waals surface area (Å²) in [7, 11) is 0. The van der Waals surface area contributed by atoms with Crippen LogP contribution in [0.4, 0.5) is 13.2 Å². The second kappa shape index (κ2) is 4.36. The van der Waals surface area contributed by atoms with Crippen molar-refractivity contribution in [3.63, 3.8) is 0 Å². The van der Waals surface area contributed by atoms with Crippen LogP contribution in [0.3, 0.4) is 0 Å². The normalized spacial score (nSPS) is 15.1. The zero-order valence-electron chi connectivity index (χ0n) is 9.73. The van der Waals surface area contributed by atoms with Gasteiger partial charge in [-0.05, 0) is 24.1 Å². The van der Waals surface area contributed by atoms with Gasteiger partial charge in [0.05, 0.1) is 5.56 Å². The van der Waals surface area contributed by atoms with Crippen LogP contribution in [0, 0.1) is 0 Å². The Labute approximate surface area is 102 Å². The molecule has 1 aromatic carbocycles. The summed E-state index contributed by atoms with van der Waals surface area (Å²) in [6, 6.07) is 4.05. The first-order valence-corrected chi connectivity index (χ1v) is 5.42. The number of alkyl halides is 3. The number of hydrazine groups is 1. The molecular formula is C12H12F3N3. The Kier molecular flexibility index (Phi) is 3.02. The molecule has 18 heavy (non-hydrogen) atoms. The number of aryl methyl sites for hydroxylation is 1. The molecule has 0 fully saturated rings. The molecule has 2 N–H and O–H groups in total. The first-order valence-electron chi connectivity index (χ1n) is 5.42. The van der Waals surface area contributed by atoms with Crippen molar-refractivity contribution in [1.82, 2.24) is 10.9 Å². The minimum Gasteiger partial charge on any atom is -0.283 e. The summed E-state index contributed by atoms with van der Waals surface area (Å²) in [6.07, 6.45) is -3.75. The van der Waals surface area contributed by atoms with Crippen LogP contribution in [0.15, 0.2) is 35.6 Å². The molecule has 0 saturated carbocycles. The van der Waals surface area contributed by atoms with E-state index in [1.165, 1.54) is 12.1 Å². The number of rotatable bonds is 2. The van der Waals surface area contributed by atoms with Gasteiger partial charge in [-0.1, -0.05) is 19.6 Å². The van der Waals surface area contributed by atoms with Crippen molar-refractivity contribution >= 4 is 5.84 Å². The van der Waals surface area contributed by atoms with Crippen molar-refractivity contribution in [2.45, 2.75) is 19.5 Å². The molecule has 0 saturated heterocycles. The number of nitrogens with zero attached hydrogens (tertiary/aromatic N) is 1. The van der Waals surface area contributed by atoms with Gasteiger partial charge in [-0.3, -0.25) is 10.9 Å². The molecule has 0 radical (unpaired) electrons. The molecule has 96 valence electrons. The largest absolute Gasteiger partial charge is 0.417 e. The minimum atomic E-state index is -4.41. The predicted octanol–water partition coefficient (Wildman–Crippen LogP) is 2.59. The summed E-state index contributed by atoms with van der Waals surface area (Å²) < 4.78 is 38.7. The lowest BCUT2D eigenvalue weighted by atomic mass is 10.0. The van der Waals surface area contributed by atoms with Crippen molar-refractivity contribution in [1.29, 1.82) is 0 Å². The molecule has 2 rings (SSSR count).